The van der Waals surface area contributed by atoms with Crippen molar-refractivity contribution < 1.29 is 19.7 Å². The lowest BCUT2D eigenvalue weighted by Gasteiger charge is -2.17. The molecule has 0 spiro atoms. The second-order valence-electron chi connectivity index (χ2n) is 5.15. The summed E-state index contributed by atoms with van der Waals surface area (Å²) in [5, 5.41) is 18.8. The molecule has 0 amide bonds. The van der Waals surface area contributed by atoms with E-state index in [1.807, 2.05) is 54.6 Å². The van der Waals surface area contributed by atoms with Crippen molar-refractivity contribution in [1.29, 1.82) is 0 Å². The molecule has 0 saturated carbocycles. The maximum atomic E-state index is 9.88. The van der Waals surface area contributed by atoms with E-state index in [1.54, 1.807) is 6.92 Å². The van der Waals surface area contributed by atoms with E-state index >= 15 is 0 Å². The molecule has 0 aromatic heterocycles. The maximum absolute atomic E-state index is 9.88. The van der Waals surface area contributed by atoms with Crippen molar-refractivity contribution in [3.8, 4) is 16.9 Å². The maximum Gasteiger partial charge on any atom is 0.127 e. The number of aliphatic hydroxyl groups excluding tert-OH is 2. The molecule has 2 aromatic rings. The molecule has 0 aliphatic heterocycles. The SMILES string of the molecule is CC(CO)OCC(O)COc1ccccc1-c1ccccc1. The molecule has 0 bridgehead atoms. The van der Waals surface area contributed by atoms with Gasteiger partial charge in [0.15, 0.2) is 0 Å². The van der Waals surface area contributed by atoms with Crippen LogP contribution in [0.1, 0.15) is 6.92 Å². The molecule has 0 fully saturated rings. The highest BCUT2D eigenvalue weighted by atomic mass is 16.5. The van der Waals surface area contributed by atoms with Gasteiger partial charge in [0, 0.05) is 5.56 Å². The van der Waals surface area contributed by atoms with Gasteiger partial charge in [-0.3, -0.25) is 0 Å². The van der Waals surface area contributed by atoms with Crippen LogP contribution in [0.15, 0.2) is 54.6 Å². The Morgan fingerprint density at radius 1 is 0.955 bits per heavy atom. The van der Waals surface area contributed by atoms with Crippen LogP contribution in [0.4, 0.5) is 0 Å². The van der Waals surface area contributed by atoms with Crippen LogP contribution in [0, 0.1) is 0 Å². The predicted molar refractivity (Wildman–Crippen MR) is 85.9 cm³/mol. The van der Waals surface area contributed by atoms with E-state index in [4.69, 9.17) is 14.6 Å². The average Bonchev–Trinajstić information content (AvgIpc) is 2.58. The first-order valence-corrected chi connectivity index (χ1v) is 7.38. The first kappa shape index (κ1) is 16.5. The van der Waals surface area contributed by atoms with Crippen molar-refractivity contribution in [3.05, 3.63) is 54.6 Å². The fourth-order valence-corrected chi connectivity index (χ4v) is 2.01. The van der Waals surface area contributed by atoms with E-state index in [-0.39, 0.29) is 25.9 Å². The van der Waals surface area contributed by atoms with Gasteiger partial charge in [0.2, 0.25) is 0 Å². The Hall–Kier alpha value is -1.88. The highest BCUT2D eigenvalue weighted by Gasteiger charge is 2.11. The number of aliphatic hydroxyl groups is 2. The second-order valence-corrected chi connectivity index (χ2v) is 5.15. The molecule has 4 heteroatoms. The Kier molecular flexibility index (Phi) is 6.40. The molecule has 2 aromatic carbocycles. The highest BCUT2D eigenvalue weighted by Crippen LogP contribution is 2.29. The van der Waals surface area contributed by atoms with Crippen LogP contribution < -0.4 is 4.74 Å². The Bertz CT molecular complexity index is 556. The van der Waals surface area contributed by atoms with Crippen molar-refractivity contribution in [1.82, 2.24) is 0 Å². The summed E-state index contributed by atoms with van der Waals surface area (Å²) < 4.78 is 11.0. The zero-order valence-electron chi connectivity index (χ0n) is 12.7. The van der Waals surface area contributed by atoms with Crippen LogP contribution in [-0.4, -0.2) is 42.2 Å². The number of ether oxygens (including phenoxy) is 2. The summed E-state index contributed by atoms with van der Waals surface area (Å²) in [6.07, 6.45) is -1.02. The Morgan fingerprint density at radius 3 is 2.36 bits per heavy atom. The molecule has 0 saturated heterocycles. The van der Waals surface area contributed by atoms with E-state index < -0.39 is 6.10 Å². The number of benzene rings is 2. The third kappa shape index (κ3) is 4.84. The quantitative estimate of drug-likeness (QED) is 0.786. The summed E-state index contributed by atoms with van der Waals surface area (Å²) in [5.74, 6) is 0.725. The van der Waals surface area contributed by atoms with Crippen LogP contribution in [0.25, 0.3) is 11.1 Å². The van der Waals surface area contributed by atoms with E-state index in [0.717, 1.165) is 16.9 Å². The Balaban J connectivity index is 1.96. The van der Waals surface area contributed by atoms with Gasteiger partial charge in [0.25, 0.3) is 0 Å². The van der Waals surface area contributed by atoms with Gasteiger partial charge in [-0.2, -0.15) is 0 Å². The van der Waals surface area contributed by atoms with Gasteiger partial charge in [-0.1, -0.05) is 48.5 Å². The minimum Gasteiger partial charge on any atom is -0.490 e. The molecular weight excluding hydrogens is 280 g/mol. The first-order valence-electron chi connectivity index (χ1n) is 7.38. The first-order chi connectivity index (χ1) is 10.7. The van der Waals surface area contributed by atoms with Gasteiger partial charge in [-0.05, 0) is 18.6 Å². The van der Waals surface area contributed by atoms with Gasteiger partial charge in [0.05, 0.1) is 19.3 Å². The third-order valence-corrected chi connectivity index (χ3v) is 3.23. The van der Waals surface area contributed by atoms with Gasteiger partial charge in [-0.15, -0.1) is 0 Å². The number of para-hydroxylation sites is 1. The van der Waals surface area contributed by atoms with Gasteiger partial charge in [0.1, 0.15) is 18.5 Å². The molecule has 2 rings (SSSR count). The average molecular weight is 302 g/mol. The van der Waals surface area contributed by atoms with E-state index in [0.29, 0.717) is 0 Å². The molecule has 2 N–H and O–H groups in total. The largest absolute Gasteiger partial charge is 0.490 e. The van der Waals surface area contributed by atoms with E-state index in [1.165, 1.54) is 0 Å². The molecule has 2 unspecified atom stereocenters. The van der Waals surface area contributed by atoms with Gasteiger partial charge in [-0.25, -0.2) is 0 Å². The normalized spacial score (nSPS) is 13.6. The minimum atomic E-state index is -0.738. The highest BCUT2D eigenvalue weighted by molar-refractivity contribution is 5.70. The molecular formula is C18H22O4. The summed E-state index contributed by atoms with van der Waals surface area (Å²) in [4.78, 5) is 0. The minimum absolute atomic E-state index is 0.0651. The molecule has 4 nitrogen and oxygen atoms in total. The summed E-state index contributed by atoms with van der Waals surface area (Å²) in [6.45, 7) is 1.96. The smallest absolute Gasteiger partial charge is 0.127 e. The molecule has 0 aliphatic carbocycles. The molecule has 22 heavy (non-hydrogen) atoms. The van der Waals surface area contributed by atoms with Crippen LogP contribution in [0.2, 0.25) is 0 Å². The van der Waals surface area contributed by atoms with E-state index in [9.17, 15) is 5.11 Å². The number of hydrogen-bond donors (Lipinski definition) is 2. The second kappa shape index (κ2) is 8.54. The standard InChI is InChI=1S/C18H22O4/c1-14(11-19)21-12-16(20)13-22-18-10-6-5-9-17(18)15-7-3-2-4-8-15/h2-10,14,16,19-20H,11-13H2,1H3. The fourth-order valence-electron chi connectivity index (χ4n) is 2.01. The number of hydrogen-bond acceptors (Lipinski definition) is 4. The lowest BCUT2D eigenvalue weighted by Crippen LogP contribution is -2.27. The zero-order chi connectivity index (χ0) is 15.8. The van der Waals surface area contributed by atoms with Crippen LogP contribution in [-0.2, 0) is 4.74 Å². The molecule has 0 radical (unpaired) electrons. The van der Waals surface area contributed by atoms with Crippen molar-refractivity contribution >= 4 is 0 Å². The van der Waals surface area contributed by atoms with Crippen molar-refractivity contribution in [3.63, 3.8) is 0 Å². The lowest BCUT2D eigenvalue weighted by atomic mass is 10.1. The Labute approximate surface area is 130 Å². The topological polar surface area (TPSA) is 58.9 Å². The number of rotatable bonds is 8. The molecule has 2 atom stereocenters. The van der Waals surface area contributed by atoms with Crippen LogP contribution >= 0.6 is 0 Å². The van der Waals surface area contributed by atoms with Crippen LogP contribution in [0.5, 0.6) is 5.75 Å². The van der Waals surface area contributed by atoms with Gasteiger partial charge >= 0.3 is 0 Å². The third-order valence-electron chi connectivity index (χ3n) is 3.23. The molecule has 118 valence electrons. The lowest BCUT2D eigenvalue weighted by molar-refractivity contribution is -0.0354. The van der Waals surface area contributed by atoms with Crippen molar-refractivity contribution in [2.45, 2.75) is 19.1 Å². The molecule has 0 heterocycles. The van der Waals surface area contributed by atoms with Crippen molar-refractivity contribution in [2.75, 3.05) is 19.8 Å². The Morgan fingerprint density at radius 2 is 1.64 bits per heavy atom. The molecule has 0 aliphatic rings. The monoisotopic (exact) mass is 302 g/mol. The fraction of sp³-hybridized carbons (Fsp3) is 0.333. The summed E-state index contributed by atoms with van der Waals surface area (Å²) in [6, 6.07) is 17.7. The van der Waals surface area contributed by atoms with Crippen molar-refractivity contribution in [2.24, 2.45) is 0 Å². The van der Waals surface area contributed by atoms with Gasteiger partial charge < -0.3 is 19.7 Å². The van der Waals surface area contributed by atoms with E-state index in [2.05, 4.69) is 0 Å². The summed E-state index contributed by atoms with van der Waals surface area (Å²) >= 11 is 0. The predicted octanol–water partition coefficient (Wildman–Crippen LogP) is 2.49. The van der Waals surface area contributed by atoms with Crippen LogP contribution in [0.3, 0.4) is 0 Å². The zero-order valence-corrected chi connectivity index (χ0v) is 12.7. The summed E-state index contributed by atoms with van der Waals surface area (Å²) in [7, 11) is 0. The summed E-state index contributed by atoms with van der Waals surface area (Å²) in [5.41, 5.74) is 2.05.